The molecule has 0 fully saturated rings. The van der Waals surface area contributed by atoms with Gasteiger partial charge < -0.3 is 11.1 Å². The fourth-order valence-corrected chi connectivity index (χ4v) is 2.98. The van der Waals surface area contributed by atoms with E-state index < -0.39 is 4.92 Å². The molecule has 0 aliphatic carbocycles. The molecule has 0 radical (unpaired) electrons. The molecule has 0 aromatic carbocycles. The van der Waals surface area contributed by atoms with Gasteiger partial charge in [-0.3, -0.25) is 19.5 Å². The van der Waals surface area contributed by atoms with Gasteiger partial charge in [-0.25, -0.2) is 15.0 Å². The molecule has 0 aliphatic rings. The van der Waals surface area contributed by atoms with Gasteiger partial charge in [0.1, 0.15) is 5.65 Å². The van der Waals surface area contributed by atoms with Gasteiger partial charge in [0, 0.05) is 54.7 Å². The molecule has 0 saturated heterocycles. The van der Waals surface area contributed by atoms with Crippen LogP contribution in [0.15, 0.2) is 55.1 Å². The molecule has 0 atom stereocenters. The smallest absolute Gasteiger partial charge is 0.311 e. The Morgan fingerprint density at radius 3 is 2.86 bits per heavy atom. The van der Waals surface area contributed by atoms with E-state index in [4.69, 9.17) is 10.7 Å². The van der Waals surface area contributed by atoms with Crippen LogP contribution in [0.25, 0.3) is 16.9 Å². The molecular formula is C19H18N8O2. The summed E-state index contributed by atoms with van der Waals surface area (Å²) in [6.45, 7) is 0.634. The van der Waals surface area contributed by atoms with E-state index in [1.54, 1.807) is 24.7 Å². The largest absolute Gasteiger partial charge is 0.378 e. The number of fused-ring (bicyclic) bond motifs is 1. The van der Waals surface area contributed by atoms with Crippen molar-refractivity contribution in [1.82, 2.24) is 24.3 Å². The van der Waals surface area contributed by atoms with Crippen molar-refractivity contribution in [3.05, 3.63) is 70.9 Å². The second-order valence-electron chi connectivity index (χ2n) is 6.36. The van der Waals surface area contributed by atoms with Crippen molar-refractivity contribution in [3.8, 4) is 11.3 Å². The molecule has 3 N–H and O–H groups in total. The lowest BCUT2D eigenvalue weighted by molar-refractivity contribution is -0.384. The molecule has 4 heterocycles. The summed E-state index contributed by atoms with van der Waals surface area (Å²) in [6, 6.07) is 8.74. The zero-order valence-electron chi connectivity index (χ0n) is 15.4. The maximum atomic E-state index is 10.8. The SMILES string of the molecule is Nc1nc(CCCNc2nc(-c3cccnc3)cc3nccn23)ccc1[N+](=O)[O-]. The average Bonchev–Trinajstić information content (AvgIpc) is 3.20. The number of nitrogens with one attached hydrogen (secondary N) is 1. The van der Waals surface area contributed by atoms with Crippen molar-refractivity contribution in [1.29, 1.82) is 0 Å². The van der Waals surface area contributed by atoms with Crippen LogP contribution in [-0.2, 0) is 6.42 Å². The number of rotatable bonds is 7. The third kappa shape index (κ3) is 3.95. The first-order valence-corrected chi connectivity index (χ1v) is 9.00. The molecule has 0 aliphatic heterocycles. The number of hydrogen-bond acceptors (Lipinski definition) is 8. The van der Waals surface area contributed by atoms with Crippen LogP contribution in [-0.4, -0.2) is 35.8 Å². The van der Waals surface area contributed by atoms with Crippen molar-refractivity contribution in [2.45, 2.75) is 12.8 Å². The molecule has 0 saturated carbocycles. The number of hydrogen-bond donors (Lipinski definition) is 2. The van der Waals surface area contributed by atoms with E-state index in [2.05, 4.69) is 20.3 Å². The van der Waals surface area contributed by atoms with Gasteiger partial charge in [-0.2, -0.15) is 0 Å². The maximum Gasteiger partial charge on any atom is 0.311 e. The Morgan fingerprint density at radius 2 is 2.10 bits per heavy atom. The van der Waals surface area contributed by atoms with Crippen LogP contribution in [0.1, 0.15) is 12.1 Å². The van der Waals surface area contributed by atoms with Gasteiger partial charge in [0.2, 0.25) is 11.8 Å². The second kappa shape index (κ2) is 7.89. The van der Waals surface area contributed by atoms with Gasteiger partial charge >= 0.3 is 5.69 Å². The number of nitrogens with zero attached hydrogens (tertiary/aromatic N) is 6. The van der Waals surface area contributed by atoms with Gasteiger partial charge in [-0.1, -0.05) is 0 Å². The van der Waals surface area contributed by atoms with E-state index in [1.165, 1.54) is 6.07 Å². The fourth-order valence-electron chi connectivity index (χ4n) is 2.98. The van der Waals surface area contributed by atoms with Crippen molar-refractivity contribution in [2.75, 3.05) is 17.6 Å². The Morgan fingerprint density at radius 1 is 1.21 bits per heavy atom. The highest BCUT2D eigenvalue weighted by atomic mass is 16.6. The minimum atomic E-state index is -0.537. The van der Waals surface area contributed by atoms with E-state index in [9.17, 15) is 10.1 Å². The monoisotopic (exact) mass is 390 g/mol. The number of aryl methyl sites for hydroxylation is 1. The summed E-state index contributed by atoms with van der Waals surface area (Å²) in [4.78, 5) is 27.6. The quantitative estimate of drug-likeness (QED) is 0.279. The molecule has 0 spiro atoms. The normalized spacial score (nSPS) is 10.9. The molecule has 10 heteroatoms. The van der Waals surface area contributed by atoms with Crippen LogP contribution in [0.2, 0.25) is 0 Å². The predicted octanol–water partition coefficient (Wildman–Crippen LogP) is 2.72. The molecule has 10 nitrogen and oxygen atoms in total. The van der Waals surface area contributed by atoms with Crippen LogP contribution in [0.3, 0.4) is 0 Å². The molecular weight excluding hydrogens is 372 g/mol. The zero-order valence-corrected chi connectivity index (χ0v) is 15.4. The van der Waals surface area contributed by atoms with Gasteiger partial charge in [0.15, 0.2) is 0 Å². The highest BCUT2D eigenvalue weighted by molar-refractivity contribution is 5.65. The van der Waals surface area contributed by atoms with Crippen LogP contribution in [0.4, 0.5) is 17.5 Å². The highest BCUT2D eigenvalue weighted by Gasteiger charge is 2.13. The number of aromatic nitrogens is 5. The Bertz CT molecular complexity index is 1160. The third-order valence-corrected chi connectivity index (χ3v) is 4.40. The van der Waals surface area contributed by atoms with Gasteiger partial charge in [0.25, 0.3) is 0 Å². The standard InChI is InChI=1S/C19H18N8O2/c20-18-16(27(28)29)6-5-14(24-18)4-2-8-23-19-25-15(13-3-1-7-21-12-13)11-17-22-9-10-26(17)19/h1,3,5-7,9-12H,2,4,8H2,(H2,20,24)(H,23,25). The summed E-state index contributed by atoms with van der Waals surface area (Å²) in [5.74, 6) is 0.612. The summed E-state index contributed by atoms with van der Waals surface area (Å²) in [5.41, 5.74) is 8.65. The van der Waals surface area contributed by atoms with E-state index in [1.807, 2.05) is 28.8 Å². The molecule has 4 aromatic heterocycles. The van der Waals surface area contributed by atoms with Crippen LogP contribution < -0.4 is 11.1 Å². The summed E-state index contributed by atoms with van der Waals surface area (Å²) >= 11 is 0. The van der Waals surface area contributed by atoms with Crippen molar-refractivity contribution in [2.24, 2.45) is 0 Å². The number of imidazole rings is 1. The Balaban J connectivity index is 1.45. The lowest BCUT2D eigenvalue weighted by Crippen LogP contribution is -2.10. The molecule has 29 heavy (non-hydrogen) atoms. The minimum absolute atomic E-state index is 0.0635. The zero-order chi connectivity index (χ0) is 20.2. The van der Waals surface area contributed by atoms with Gasteiger partial charge in [0.05, 0.1) is 10.6 Å². The Labute approximate surface area is 165 Å². The van der Waals surface area contributed by atoms with E-state index in [0.717, 1.165) is 23.3 Å². The maximum absolute atomic E-state index is 10.8. The first-order chi connectivity index (χ1) is 14.1. The highest BCUT2D eigenvalue weighted by Crippen LogP contribution is 2.21. The molecule has 0 unspecified atom stereocenters. The number of nitrogens with two attached hydrogens (primary N) is 1. The van der Waals surface area contributed by atoms with Crippen LogP contribution >= 0.6 is 0 Å². The fraction of sp³-hybridized carbons (Fsp3) is 0.158. The van der Waals surface area contributed by atoms with Crippen LogP contribution in [0, 0.1) is 10.1 Å². The number of anilines is 2. The van der Waals surface area contributed by atoms with Gasteiger partial charge in [-0.05, 0) is 31.0 Å². The lowest BCUT2D eigenvalue weighted by atomic mass is 10.2. The summed E-state index contributed by atoms with van der Waals surface area (Å²) in [7, 11) is 0. The summed E-state index contributed by atoms with van der Waals surface area (Å²) < 4.78 is 1.88. The number of pyridine rings is 2. The Kier molecular flexibility index (Phi) is 4.97. The van der Waals surface area contributed by atoms with Crippen molar-refractivity contribution < 1.29 is 4.92 Å². The van der Waals surface area contributed by atoms with Gasteiger partial charge in [-0.15, -0.1) is 0 Å². The molecule has 4 aromatic rings. The topological polar surface area (TPSA) is 137 Å². The predicted molar refractivity (Wildman–Crippen MR) is 108 cm³/mol. The first kappa shape index (κ1) is 18.3. The van der Waals surface area contributed by atoms with E-state index >= 15 is 0 Å². The van der Waals surface area contributed by atoms with Crippen molar-refractivity contribution in [3.63, 3.8) is 0 Å². The molecule has 0 bridgehead atoms. The lowest BCUT2D eigenvalue weighted by Gasteiger charge is -2.10. The van der Waals surface area contributed by atoms with E-state index in [0.29, 0.717) is 24.6 Å². The summed E-state index contributed by atoms with van der Waals surface area (Å²) in [5, 5.41) is 14.1. The van der Waals surface area contributed by atoms with E-state index in [-0.39, 0.29) is 11.5 Å². The molecule has 4 rings (SSSR count). The minimum Gasteiger partial charge on any atom is -0.378 e. The Hall–Kier alpha value is -4.08. The average molecular weight is 390 g/mol. The molecule has 0 amide bonds. The molecule has 146 valence electrons. The second-order valence-corrected chi connectivity index (χ2v) is 6.36. The van der Waals surface area contributed by atoms with Crippen LogP contribution in [0.5, 0.6) is 0 Å². The number of nitrogen functional groups attached to an aromatic ring is 1. The van der Waals surface area contributed by atoms with Crippen molar-refractivity contribution >= 4 is 23.1 Å². The first-order valence-electron chi connectivity index (χ1n) is 9.00. The third-order valence-electron chi connectivity index (χ3n) is 4.40. The number of nitro groups is 1. The summed E-state index contributed by atoms with van der Waals surface area (Å²) in [6.07, 6.45) is 8.42.